The first-order valence-corrected chi connectivity index (χ1v) is 9.54. The van der Waals surface area contributed by atoms with Crippen molar-refractivity contribution in [2.24, 2.45) is 10.9 Å². The Morgan fingerprint density at radius 3 is 2.48 bits per heavy atom. The van der Waals surface area contributed by atoms with Gasteiger partial charge in [0.2, 0.25) is 0 Å². The zero-order valence-electron chi connectivity index (χ0n) is 17.3. The average molecular weight is 435 g/mol. The lowest BCUT2D eigenvalue weighted by Gasteiger charge is -2.32. The molecule has 1 aliphatic heterocycles. The summed E-state index contributed by atoms with van der Waals surface area (Å²) in [6.45, 7) is 5.34. The van der Waals surface area contributed by atoms with Crippen molar-refractivity contribution in [3.8, 4) is 0 Å². The van der Waals surface area contributed by atoms with E-state index in [1.807, 2.05) is 0 Å². The molecule has 1 aromatic heterocycles. The molecule has 0 bridgehead atoms. The van der Waals surface area contributed by atoms with Gasteiger partial charge in [0.25, 0.3) is 0 Å². The van der Waals surface area contributed by atoms with E-state index < -0.39 is 41.0 Å². The maximum absolute atomic E-state index is 13.8. The number of para-hydroxylation sites is 1. The van der Waals surface area contributed by atoms with Gasteiger partial charge in [-0.25, -0.2) is 0 Å². The number of ketones is 1. The number of fused-ring (bicyclic) bond motifs is 1. The van der Waals surface area contributed by atoms with E-state index in [-0.39, 0.29) is 40.0 Å². The molecule has 0 N–H and O–H groups in total. The summed E-state index contributed by atoms with van der Waals surface area (Å²) in [4.78, 5) is 41.3. The summed E-state index contributed by atoms with van der Waals surface area (Å²) < 4.78 is 52.3. The van der Waals surface area contributed by atoms with E-state index in [2.05, 4.69) is 4.99 Å². The van der Waals surface area contributed by atoms with Gasteiger partial charge in [0.15, 0.2) is 16.9 Å². The van der Waals surface area contributed by atoms with Crippen LogP contribution in [-0.2, 0) is 14.3 Å². The number of esters is 1. The Morgan fingerprint density at radius 1 is 1.23 bits per heavy atom. The second-order valence-electron chi connectivity index (χ2n) is 7.22. The van der Waals surface area contributed by atoms with Crippen molar-refractivity contribution >= 4 is 28.4 Å². The molecule has 0 aliphatic carbocycles. The maximum Gasteiger partial charge on any atom is 0.433 e. The van der Waals surface area contributed by atoms with Gasteiger partial charge in [-0.15, -0.1) is 0 Å². The van der Waals surface area contributed by atoms with Crippen molar-refractivity contribution in [3.63, 3.8) is 0 Å². The van der Waals surface area contributed by atoms with Crippen molar-refractivity contribution < 1.29 is 31.9 Å². The molecule has 2 unspecified atom stereocenters. The molecule has 0 amide bonds. The molecule has 1 aromatic carbocycles. The zero-order valence-corrected chi connectivity index (χ0v) is 17.3. The Kier molecular flexibility index (Phi) is 5.89. The largest absolute Gasteiger partial charge is 0.465 e. The van der Waals surface area contributed by atoms with Gasteiger partial charge in [-0.2, -0.15) is 13.2 Å². The summed E-state index contributed by atoms with van der Waals surface area (Å²) in [7, 11) is 0. The minimum absolute atomic E-state index is 0.00961. The fourth-order valence-electron chi connectivity index (χ4n) is 3.90. The van der Waals surface area contributed by atoms with Gasteiger partial charge < -0.3 is 9.15 Å². The van der Waals surface area contributed by atoms with Crippen LogP contribution in [0.2, 0.25) is 0 Å². The van der Waals surface area contributed by atoms with Gasteiger partial charge in [0, 0.05) is 28.8 Å². The highest BCUT2D eigenvalue weighted by molar-refractivity contribution is 6.08. The Bertz CT molecular complexity index is 1190. The number of hydrogen-bond donors (Lipinski definition) is 0. The first-order valence-electron chi connectivity index (χ1n) is 9.54. The number of hydrogen-bond acceptors (Lipinski definition) is 6. The van der Waals surface area contributed by atoms with E-state index in [4.69, 9.17) is 9.15 Å². The summed E-state index contributed by atoms with van der Waals surface area (Å²) in [5.74, 6) is -4.15. The van der Waals surface area contributed by atoms with Crippen LogP contribution < -0.4 is 5.43 Å². The van der Waals surface area contributed by atoms with Crippen LogP contribution in [0.3, 0.4) is 0 Å². The molecule has 3 rings (SSSR count). The van der Waals surface area contributed by atoms with Crippen molar-refractivity contribution in [2.45, 2.75) is 39.8 Å². The molecule has 2 heterocycles. The number of carbonyl (C=O) groups excluding carboxylic acids is 2. The molecule has 0 saturated carbocycles. The van der Waals surface area contributed by atoms with Gasteiger partial charge in [0.1, 0.15) is 17.3 Å². The Morgan fingerprint density at radius 2 is 1.90 bits per heavy atom. The quantitative estimate of drug-likeness (QED) is 0.671. The van der Waals surface area contributed by atoms with Crippen molar-refractivity contribution in [1.82, 2.24) is 0 Å². The van der Waals surface area contributed by atoms with Crippen LogP contribution in [0.25, 0.3) is 11.0 Å². The number of alkyl halides is 3. The van der Waals surface area contributed by atoms with E-state index >= 15 is 0 Å². The monoisotopic (exact) mass is 435 g/mol. The third kappa shape index (κ3) is 4.04. The normalized spacial score (nSPS) is 19.4. The lowest BCUT2D eigenvalue weighted by atomic mass is 9.74. The molecule has 2 aromatic rings. The van der Waals surface area contributed by atoms with Crippen LogP contribution in [0.1, 0.15) is 38.0 Å². The molecule has 31 heavy (non-hydrogen) atoms. The topological polar surface area (TPSA) is 85.9 Å². The Balaban J connectivity index is 2.44. The molecular weight excluding hydrogens is 415 g/mol. The number of allylic oxidation sites excluding steroid dienone is 2. The highest BCUT2D eigenvalue weighted by Crippen LogP contribution is 2.46. The molecule has 2 atom stereocenters. The minimum atomic E-state index is -4.93. The minimum Gasteiger partial charge on any atom is -0.465 e. The van der Waals surface area contributed by atoms with Crippen LogP contribution in [0.5, 0.6) is 0 Å². The van der Waals surface area contributed by atoms with Gasteiger partial charge in [-0.1, -0.05) is 12.1 Å². The molecule has 164 valence electrons. The molecule has 1 aliphatic rings. The second kappa shape index (κ2) is 8.13. The third-order valence-corrected chi connectivity index (χ3v) is 5.07. The first kappa shape index (κ1) is 22.5. The number of aryl methyl sites for hydroxylation is 1. The lowest BCUT2D eigenvalue weighted by Crippen LogP contribution is -2.38. The Hall–Kier alpha value is -3.23. The predicted molar refractivity (Wildman–Crippen MR) is 107 cm³/mol. The lowest BCUT2D eigenvalue weighted by molar-refractivity contribution is -0.146. The number of Topliss-reactive ketones (excluding diaryl/α,β-unsaturated/α-hetero) is 1. The maximum atomic E-state index is 13.8. The van der Waals surface area contributed by atoms with Gasteiger partial charge >= 0.3 is 12.1 Å². The molecule has 0 fully saturated rings. The fourth-order valence-corrected chi connectivity index (χ4v) is 3.90. The summed E-state index contributed by atoms with van der Waals surface area (Å²) in [5, 5.41) is 0.127. The molecule has 0 radical (unpaired) electrons. The number of rotatable bonds is 4. The summed E-state index contributed by atoms with van der Waals surface area (Å²) in [6.07, 6.45) is -4.93. The summed E-state index contributed by atoms with van der Waals surface area (Å²) in [6, 6.07) is 5.63. The van der Waals surface area contributed by atoms with Gasteiger partial charge in [0.05, 0.1) is 12.0 Å². The third-order valence-electron chi connectivity index (χ3n) is 5.07. The van der Waals surface area contributed by atoms with Crippen molar-refractivity contribution in [3.05, 3.63) is 57.1 Å². The highest BCUT2D eigenvalue weighted by atomic mass is 19.4. The molecule has 9 heteroatoms. The van der Waals surface area contributed by atoms with Crippen molar-refractivity contribution in [2.75, 3.05) is 6.61 Å². The van der Waals surface area contributed by atoms with Crippen LogP contribution in [0.4, 0.5) is 13.2 Å². The highest BCUT2D eigenvalue weighted by Gasteiger charge is 2.49. The molecule has 0 saturated heterocycles. The van der Waals surface area contributed by atoms with Crippen LogP contribution in [-0.4, -0.2) is 30.2 Å². The smallest absolute Gasteiger partial charge is 0.433 e. The standard InChI is InChI=1S/C22H20F3NO5/c1-5-30-21(29)16-11(3)26-20(22(23,24)25)17(12(4)27)18(16)14-8-6-7-13-15(28)9-10(2)31-19(13)14/h6-9,16,18H,5H2,1-4H3. The van der Waals surface area contributed by atoms with E-state index in [9.17, 15) is 27.6 Å². The van der Waals surface area contributed by atoms with Crippen molar-refractivity contribution in [1.29, 1.82) is 0 Å². The van der Waals surface area contributed by atoms with E-state index in [1.165, 1.54) is 38.1 Å². The fraction of sp³-hybridized carbons (Fsp3) is 0.364. The van der Waals surface area contributed by atoms with E-state index in [0.717, 1.165) is 6.92 Å². The average Bonchev–Trinajstić information content (AvgIpc) is 2.65. The Labute approximate surface area is 175 Å². The first-order chi connectivity index (χ1) is 14.5. The van der Waals surface area contributed by atoms with E-state index in [0.29, 0.717) is 0 Å². The summed E-state index contributed by atoms with van der Waals surface area (Å²) >= 11 is 0. The second-order valence-corrected chi connectivity index (χ2v) is 7.22. The number of halogens is 3. The van der Waals surface area contributed by atoms with Crippen LogP contribution in [0.15, 0.2) is 49.7 Å². The predicted octanol–water partition coefficient (Wildman–Crippen LogP) is 4.24. The van der Waals surface area contributed by atoms with Gasteiger partial charge in [-0.3, -0.25) is 19.4 Å². The number of benzene rings is 1. The van der Waals surface area contributed by atoms with Crippen LogP contribution in [0, 0.1) is 12.8 Å². The number of ether oxygens (including phenoxy) is 1. The summed E-state index contributed by atoms with van der Waals surface area (Å²) in [5.41, 5.74) is -2.45. The zero-order chi connectivity index (χ0) is 23.1. The SMILES string of the molecule is CCOC(=O)C1C(C)=NC(C(F)(F)F)=C(C(C)=O)C1c1cccc2c(=O)cc(C)oc12. The molecule has 6 nitrogen and oxygen atoms in total. The number of nitrogens with zero attached hydrogens (tertiary/aromatic N) is 1. The molecular formula is C22H20F3NO5. The van der Waals surface area contributed by atoms with E-state index in [1.54, 1.807) is 6.92 Å². The molecule has 0 spiro atoms. The number of carbonyl (C=O) groups is 2. The van der Waals surface area contributed by atoms with Gasteiger partial charge in [-0.05, 0) is 33.8 Å². The number of aliphatic imine (C=N–C) groups is 1. The van der Waals surface area contributed by atoms with Crippen LogP contribution >= 0.6 is 0 Å².